The predicted octanol–water partition coefficient (Wildman–Crippen LogP) is 1.76. The molecule has 0 amide bonds. The first-order chi connectivity index (χ1) is 8.46. The van der Waals surface area contributed by atoms with Gasteiger partial charge in [0.1, 0.15) is 0 Å². The summed E-state index contributed by atoms with van der Waals surface area (Å²) in [4.78, 5) is 0.326. The Morgan fingerprint density at radius 3 is 2.83 bits per heavy atom. The molecule has 100 valence electrons. The molecule has 0 unspecified atom stereocenters. The number of nitrogens with two attached hydrogens (primary N) is 1. The minimum atomic E-state index is -3.45. The Hall–Kier alpha value is -0.620. The van der Waals surface area contributed by atoms with Crippen molar-refractivity contribution < 1.29 is 8.42 Å². The van der Waals surface area contributed by atoms with Gasteiger partial charge in [-0.2, -0.15) is 4.31 Å². The Balaban J connectivity index is 2.42. The zero-order valence-electron chi connectivity index (χ0n) is 10.3. The van der Waals surface area contributed by atoms with Gasteiger partial charge in [-0.15, -0.1) is 0 Å². The normalized spacial score (nSPS) is 21.4. The molecular weight excluding hydrogens is 272 g/mol. The Kier molecular flexibility index (Phi) is 3.96. The minimum Gasteiger partial charge on any atom is -0.329 e. The van der Waals surface area contributed by atoms with Gasteiger partial charge >= 0.3 is 0 Å². The zero-order valence-corrected chi connectivity index (χ0v) is 11.8. The van der Waals surface area contributed by atoms with Gasteiger partial charge in [-0.1, -0.05) is 11.6 Å². The molecule has 0 aliphatic carbocycles. The first kappa shape index (κ1) is 13.8. The maximum Gasteiger partial charge on any atom is 0.243 e. The second kappa shape index (κ2) is 5.17. The van der Waals surface area contributed by atoms with Gasteiger partial charge in [0, 0.05) is 24.2 Å². The summed E-state index contributed by atoms with van der Waals surface area (Å²) in [6.45, 7) is 2.67. The van der Waals surface area contributed by atoms with Crippen LogP contribution in [0.25, 0.3) is 0 Å². The van der Waals surface area contributed by atoms with Crippen molar-refractivity contribution in [1.29, 1.82) is 0 Å². The molecule has 1 atom stereocenters. The van der Waals surface area contributed by atoms with Crippen molar-refractivity contribution in [3.8, 4) is 0 Å². The van der Waals surface area contributed by atoms with E-state index < -0.39 is 10.0 Å². The third-order valence-electron chi connectivity index (χ3n) is 3.32. The Bertz CT molecular complexity index is 545. The number of aryl methyl sites for hydroxylation is 1. The molecule has 1 aliphatic heterocycles. The van der Waals surface area contributed by atoms with Crippen molar-refractivity contribution in [2.24, 2.45) is 5.73 Å². The van der Waals surface area contributed by atoms with Gasteiger partial charge in [0.15, 0.2) is 0 Å². The highest BCUT2D eigenvalue weighted by molar-refractivity contribution is 7.89. The molecule has 1 heterocycles. The number of benzene rings is 1. The summed E-state index contributed by atoms with van der Waals surface area (Å²) in [5, 5.41) is 0.545. The molecule has 18 heavy (non-hydrogen) atoms. The van der Waals surface area contributed by atoms with Crippen molar-refractivity contribution in [3.05, 3.63) is 28.8 Å². The van der Waals surface area contributed by atoms with Crippen LogP contribution < -0.4 is 5.73 Å². The van der Waals surface area contributed by atoms with Crippen LogP contribution in [0.1, 0.15) is 18.4 Å². The number of sulfonamides is 1. The van der Waals surface area contributed by atoms with Crippen LogP contribution in [0.5, 0.6) is 0 Å². The summed E-state index contributed by atoms with van der Waals surface area (Å²) < 4.78 is 26.6. The van der Waals surface area contributed by atoms with Crippen molar-refractivity contribution in [2.45, 2.75) is 30.7 Å². The van der Waals surface area contributed by atoms with Crippen molar-refractivity contribution in [2.75, 3.05) is 13.1 Å². The number of nitrogens with zero attached hydrogens (tertiary/aromatic N) is 1. The van der Waals surface area contributed by atoms with E-state index in [2.05, 4.69) is 0 Å². The van der Waals surface area contributed by atoms with Gasteiger partial charge in [0.2, 0.25) is 10.0 Å². The molecule has 0 spiro atoms. The van der Waals surface area contributed by atoms with Gasteiger partial charge in [0.05, 0.1) is 4.90 Å². The van der Waals surface area contributed by atoms with Gasteiger partial charge in [0.25, 0.3) is 0 Å². The lowest BCUT2D eigenvalue weighted by molar-refractivity contribution is 0.393. The highest BCUT2D eigenvalue weighted by Crippen LogP contribution is 2.28. The fourth-order valence-corrected chi connectivity index (χ4v) is 4.53. The van der Waals surface area contributed by atoms with Crippen LogP contribution in [0.15, 0.2) is 23.1 Å². The molecule has 1 aromatic carbocycles. The lowest BCUT2D eigenvalue weighted by Crippen LogP contribution is -2.40. The topological polar surface area (TPSA) is 63.4 Å². The number of hydrogen-bond donors (Lipinski definition) is 1. The van der Waals surface area contributed by atoms with E-state index in [-0.39, 0.29) is 6.04 Å². The highest BCUT2D eigenvalue weighted by atomic mass is 35.5. The summed E-state index contributed by atoms with van der Waals surface area (Å²) >= 11 is 5.85. The van der Waals surface area contributed by atoms with Gasteiger partial charge in [-0.25, -0.2) is 8.42 Å². The fourth-order valence-electron chi connectivity index (χ4n) is 2.39. The van der Waals surface area contributed by atoms with Crippen molar-refractivity contribution >= 4 is 21.6 Å². The van der Waals surface area contributed by atoms with E-state index in [1.807, 2.05) is 0 Å². The highest BCUT2D eigenvalue weighted by Gasteiger charge is 2.35. The molecule has 4 nitrogen and oxygen atoms in total. The predicted molar refractivity (Wildman–Crippen MR) is 72.2 cm³/mol. The lowest BCUT2D eigenvalue weighted by Gasteiger charge is -2.23. The van der Waals surface area contributed by atoms with E-state index in [0.29, 0.717) is 28.6 Å². The molecule has 0 aromatic heterocycles. The number of rotatable bonds is 3. The van der Waals surface area contributed by atoms with E-state index in [0.717, 1.165) is 12.8 Å². The summed E-state index contributed by atoms with van der Waals surface area (Å²) in [5.41, 5.74) is 6.31. The first-order valence-electron chi connectivity index (χ1n) is 5.95. The van der Waals surface area contributed by atoms with Crippen LogP contribution in [0, 0.1) is 6.92 Å². The Morgan fingerprint density at radius 2 is 2.22 bits per heavy atom. The fraction of sp³-hybridized carbons (Fsp3) is 0.500. The maximum atomic E-state index is 12.6. The van der Waals surface area contributed by atoms with Crippen molar-refractivity contribution in [3.63, 3.8) is 0 Å². The smallest absolute Gasteiger partial charge is 0.243 e. The van der Waals surface area contributed by atoms with Crippen LogP contribution in [0.2, 0.25) is 5.02 Å². The summed E-state index contributed by atoms with van der Waals surface area (Å²) in [5.74, 6) is 0. The van der Waals surface area contributed by atoms with Crippen LogP contribution in [0.3, 0.4) is 0 Å². The average molecular weight is 289 g/mol. The Labute approximate surface area is 113 Å². The molecule has 0 radical (unpaired) electrons. The van der Waals surface area contributed by atoms with Gasteiger partial charge in [-0.05, 0) is 43.5 Å². The summed E-state index contributed by atoms with van der Waals surface area (Å²) in [6.07, 6.45) is 1.70. The van der Waals surface area contributed by atoms with Crippen LogP contribution in [-0.4, -0.2) is 31.9 Å². The van der Waals surface area contributed by atoms with E-state index in [1.165, 1.54) is 4.31 Å². The van der Waals surface area contributed by atoms with Crippen LogP contribution in [-0.2, 0) is 10.0 Å². The molecular formula is C12H17ClN2O2S. The standard InChI is InChI=1S/C12H17ClN2O2S/c1-9-7-10(13)4-5-12(9)18(16,17)15-6-2-3-11(15)8-14/h4-5,7,11H,2-3,6,8,14H2,1H3/t11-/m1/s1. The molecule has 1 aromatic rings. The van der Waals surface area contributed by atoms with E-state index >= 15 is 0 Å². The van der Waals surface area contributed by atoms with E-state index in [1.54, 1.807) is 25.1 Å². The molecule has 0 saturated carbocycles. The summed E-state index contributed by atoms with van der Waals surface area (Å²) in [7, 11) is -3.45. The van der Waals surface area contributed by atoms with Gasteiger partial charge in [-0.3, -0.25) is 0 Å². The second-order valence-electron chi connectivity index (χ2n) is 4.56. The molecule has 6 heteroatoms. The molecule has 1 fully saturated rings. The number of halogens is 1. The van der Waals surface area contributed by atoms with Crippen molar-refractivity contribution in [1.82, 2.24) is 4.31 Å². The van der Waals surface area contributed by atoms with E-state index in [4.69, 9.17) is 17.3 Å². The third kappa shape index (κ3) is 2.40. The van der Waals surface area contributed by atoms with Gasteiger partial charge < -0.3 is 5.73 Å². The molecule has 1 saturated heterocycles. The first-order valence-corrected chi connectivity index (χ1v) is 7.76. The SMILES string of the molecule is Cc1cc(Cl)ccc1S(=O)(=O)N1CCC[C@@H]1CN. The largest absolute Gasteiger partial charge is 0.329 e. The molecule has 2 rings (SSSR count). The molecule has 2 N–H and O–H groups in total. The summed E-state index contributed by atoms with van der Waals surface area (Å²) in [6, 6.07) is 4.76. The monoisotopic (exact) mass is 288 g/mol. The minimum absolute atomic E-state index is 0.0786. The number of hydrogen-bond acceptors (Lipinski definition) is 3. The molecule has 1 aliphatic rings. The van der Waals surface area contributed by atoms with Crippen LogP contribution in [0.4, 0.5) is 0 Å². The van der Waals surface area contributed by atoms with E-state index in [9.17, 15) is 8.42 Å². The lowest BCUT2D eigenvalue weighted by atomic mass is 10.2. The second-order valence-corrected chi connectivity index (χ2v) is 6.85. The maximum absolute atomic E-state index is 12.6. The average Bonchev–Trinajstić information content (AvgIpc) is 2.76. The third-order valence-corrected chi connectivity index (χ3v) is 5.67. The Morgan fingerprint density at radius 1 is 1.50 bits per heavy atom. The van der Waals surface area contributed by atoms with Crippen LogP contribution >= 0.6 is 11.6 Å². The molecule has 0 bridgehead atoms. The zero-order chi connectivity index (χ0) is 13.3. The quantitative estimate of drug-likeness (QED) is 0.922.